The molecule has 2 amide bonds. The molecule has 1 aliphatic carbocycles. The van der Waals surface area contributed by atoms with Gasteiger partial charge in [0.1, 0.15) is 0 Å². The van der Waals surface area contributed by atoms with Gasteiger partial charge in [0.2, 0.25) is 5.91 Å². The smallest absolute Gasteiger partial charge is 0.253 e. The van der Waals surface area contributed by atoms with E-state index in [9.17, 15) is 14.7 Å². The summed E-state index contributed by atoms with van der Waals surface area (Å²) in [5.41, 5.74) is 2.86. The third-order valence-corrected chi connectivity index (χ3v) is 5.01. The number of aliphatic hydroxyl groups excluding tert-OH is 1. The molecule has 0 radical (unpaired) electrons. The van der Waals surface area contributed by atoms with E-state index in [1.165, 1.54) is 0 Å². The Morgan fingerprint density at radius 1 is 1.17 bits per heavy atom. The molecule has 24 heavy (non-hydrogen) atoms. The molecule has 1 atom stereocenters. The summed E-state index contributed by atoms with van der Waals surface area (Å²) >= 11 is 0. The lowest BCUT2D eigenvalue weighted by atomic mass is 9.88. The number of nitrogens with one attached hydrogen (secondary N) is 1. The minimum Gasteiger partial charge on any atom is -0.393 e. The highest BCUT2D eigenvalue weighted by Gasteiger charge is 2.33. The van der Waals surface area contributed by atoms with Crippen LogP contribution in [0.3, 0.4) is 0 Å². The van der Waals surface area contributed by atoms with Crippen molar-refractivity contribution in [3.8, 4) is 0 Å². The minimum atomic E-state index is -0.274. The Hall–Kier alpha value is -1.88. The molecule has 130 valence electrons. The Morgan fingerprint density at radius 3 is 2.46 bits per heavy atom. The molecule has 3 rings (SSSR count). The van der Waals surface area contributed by atoms with Crippen molar-refractivity contribution < 1.29 is 14.7 Å². The van der Waals surface area contributed by atoms with Crippen LogP contribution in [0.15, 0.2) is 18.2 Å². The molecule has 1 unspecified atom stereocenters. The zero-order chi connectivity index (χ0) is 17.3. The van der Waals surface area contributed by atoms with Crippen molar-refractivity contribution in [3.63, 3.8) is 0 Å². The molecule has 1 heterocycles. The predicted octanol–water partition coefficient (Wildman–Crippen LogP) is 1.80. The molecular weight excluding hydrogens is 304 g/mol. The second-order valence-corrected chi connectivity index (χ2v) is 7.30. The first-order valence-electron chi connectivity index (χ1n) is 8.78. The van der Waals surface area contributed by atoms with Gasteiger partial charge in [-0.25, -0.2) is 0 Å². The molecule has 0 bridgehead atoms. The van der Waals surface area contributed by atoms with Gasteiger partial charge in [-0.3, -0.25) is 9.59 Å². The van der Waals surface area contributed by atoms with Gasteiger partial charge in [0.25, 0.3) is 5.91 Å². The van der Waals surface area contributed by atoms with Crippen molar-refractivity contribution in [1.82, 2.24) is 10.2 Å². The molecular formula is C19H26N2O3. The third-order valence-electron chi connectivity index (χ3n) is 5.01. The van der Waals surface area contributed by atoms with Gasteiger partial charge in [-0.2, -0.15) is 0 Å². The first kappa shape index (κ1) is 17.0. The average Bonchev–Trinajstić information content (AvgIpc) is 2.52. The molecule has 1 aliphatic heterocycles. The van der Waals surface area contributed by atoms with Gasteiger partial charge in [-0.1, -0.05) is 17.2 Å². The Kier molecular flexibility index (Phi) is 4.90. The van der Waals surface area contributed by atoms with Crippen LogP contribution in [0.4, 0.5) is 0 Å². The minimum absolute atomic E-state index is 0.0124. The summed E-state index contributed by atoms with van der Waals surface area (Å²) in [7, 11) is 0. The maximum absolute atomic E-state index is 12.8. The number of benzene rings is 1. The summed E-state index contributed by atoms with van der Waals surface area (Å²) in [6.45, 7) is 5.16. The topological polar surface area (TPSA) is 69.6 Å². The van der Waals surface area contributed by atoms with E-state index in [0.29, 0.717) is 31.5 Å². The highest BCUT2D eigenvalue weighted by atomic mass is 16.3. The van der Waals surface area contributed by atoms with Gasteiger partial charge in [-0.05, 0) is 51.7 Å². The van der Waals surface area contributed by atoms with E-state index in [0.717, 1.165) is 24.0 Å². The quantitative estimate of drug-likeness (QED) is 0.888. The lowest BCUT2D eigenvalue weighted by Gasteiger charge is -2.36. The number of carbonyl (C=O) groups excluding carboxylic acids is 2. The highest BCUT2D eigenvalue weighted by molar-refractivity contribution is 5.95. The monoisotopic (exact) mass is 330 g/mol. The van der Waals surface area contributed by atoms with Crippen molar-refractivity contribution in [2.75, 3.05) is 13.1 Å². The van der Waals surface area contributed by atoms with Crippen LogP contribution in [0.1, 0.15) is 47.2 Å². The van der Waals surface area contributed by atoms with E-state index in [2.05, 4.69) is 11.4 Å². The van der Waals surface area contributed by atoms with Gasteiger partial charge in [0, 0.05) is 24.7 Å². The lowest BCUT2D eigenvalue weighted by Crippen LogP contribution is -2.51. The Labute approximate surface area is 143 Å². The van der Waals surface area contributed by atoms with Crippen LogP contribution in [0.2, 0.25) is 0 Å². The fourth-order valence-electron chi connectivity index (χ4n) is 3.68. The summed E-state index contributed by atoms with van der Waals surface area (Å²) < 4.78 is 0. The van der Waals surface area contributed by atoms with Crippen LogP contribution < -0.4 is 5.32 Å². The fraction of sp³-hybridized carbons (Fsp3) is 0.579. The summed E-state index contributed by atoms with van der Waals surface area (Å²) in [5, 5.41) is 12.3. The number of amides is 2. The van der Waals surface area contributed by atoms with Gasteiger partial charge >= 0.3 is 0 Å². The summed E-state index contributed by atoms with van der Waals surface area (Å²) in [6, 6.07) is 5.97. The van der Waals surface area contributed by atoms with E-state index in [1.54, 1.807) is 4.90 Å². The van der Waals surface area contributed by atoms with Crippen LogP contribution in [0.25, 0.3) is 0 Å². The van der Waals surface area contributed by atoms with Gasteiger partial charge in [0.15, 0.2) is 0 Å². The zero-order valence-electron chi connectivity index (χ0n) is 14.4. The Morgan fingerprint density at radius 2 is 1.83 bits per heavy atom. The molecule has 0 spiro atoms. The normalized spacial score (nSPS) is 26.6. The number of aliphatic hydroxyl groups is 1. The molecule has 2 aliphatic rings. The van der Waals surface area contributed by atoms with E-state index in [1.807, 2.05) is 26.0 Å². The predicted molar refractivity (Wildman–Crippen MR) is 91.7 cm³/mol. The molecule has 5 nitrogen and oxygen atoms in total. The summed E-state index contributed by atoms with van der Waals surface area (Å²) in [6.07, 6.45) is 2.68. The largest absolute Gasteiger partial charge is 0.393 e. The maximum Gasteiger partial charge on any atom is 0.253 e. The molecule has 1 aromatic rings. The molecule has 1 saturated heterocycles. The fourth-order valence-corrected chi connectivity index (χ4v) is 3.68. The number of hydrogen-bond donors (Lipinski definition) is 2. The van der Waals surface area contributed by atoms with Crippen LogP contribution in [0.5, 0.6) is 0 Å². The van der Waals surface area contributed by atoms with E-state index >= 15 is 0 Å². The molecule has 0 aromatic heterocycles. The SMILES string of the molecule is Cc1cc(C)cc(C(=O)N2CCCC(C(=O)NC3CC(O)C3)C2)c1. The number of rotatable bonds is 3. The van der Waals surface area contributed by atoms with E-state index < -0.39 is 0 Å². The van der Waals surface area contributed by atoms with Crippen molar-refractivity contribution in [3.05, 3.63) is 34.9 Å². The Bertz CT molecular complexity index is 617. The number of aryl methyl sites for hydroxylation is 2. The van der Waals surface area contributed by atoms with Gasteiger partial charge in [-0.15, -0.1) is 0 Å². The second-order valence-electron chi connectivity index (χ2n) is 7.30. The highest BCUT2D eigenvalue weighted by Crippen LogP contribution is 2.23. The number of piperidine rings is 1. The number of likely N-dealkylation sites (tertiary alicyclic amines) is 1. The first-order chi connectivity index (χ1) is 11.4. The van der Waals surface area contributed by atoms with E-state index in [4.69, 9.17) is 0 Å². The molecule has 2 N–H and O–H groups in total. The van der Waals surface area contributed by atoms with Crippen molar-refractivity contribution in [2.45, 2.75) is 51.7 Å². The van der Waals surface area contributed by atoms with Crippen molar-refractivity contribution in [2.24, 2.45) is 5.92 Å². The van der Waals surface area contributed by atoms with Crippen LogP contribution >= 0.6 is 0 Å². The van der Waals surface area contributed by atoms with Crippen LogP contribution in [-0.2, 0) is 4.79 Å². The summed E-state index contributed by atoms with van der Waals surface area (Å²) in [4.78, 5) is 27.0. The van der Waals surface area contributed by atoms with Crippen LogP contribution in [-0.4, -0.2) is 47.1 Å². The van der Waals surface area contributed by atoms with Crippen LogP contribution in [0, 0.1) is 19.8 Å². The standard InChI is InChI=1S/C19H26N2O3/c1-12-6-13(2)8-15(7-12)19(24)21-5-3-4-14(11-21)18(23)20-16-9-17(22)10-16/h6-8,14,16-17,22H,3-5,9-11H2,1-2H3,(H,20,23). The lowest BCUT2D eigenvalue weighted by molar-refractivity contribution is -0.128. The third kappa shape index (κ3) is 3.78. The van der Waals surface area contributed by atoms with E-state index in [-0.39, 0.29) is 29.9 Å². The second kappa shape index (κ2) is 6.93. The first-order valence-corrected chi connectivity index (χ1v) is 8.78. The zero-order valence-corrected chi connectivity index (χ0v) is 14.4. The molecule has 5 heteroatoms. The number of carbonyl (C=O) groups is 2. The molecule has 1 saturated carbocycles. The molecule has 1 aromatic carbocycles. The maximum atomic E-state index is 12.8. The Balaban J connectivity index is 1.62. The molecule has 2 fully saturated rings. The average molecular weight is 330 g/mol. The number of hydrogen-bond acceptors (Lipinski definition) is 3. The summed E-state index contributed by atoms with van der Waals surface area (Å²) in [5.74, 6) is -0.116. The van der Waals surface area contributed by atoms with Crippen molar-refractivity contribution in [1.29, 1.82) is 0 Å². The van der Waals surface area contributed by atoms with Gasteiger partial charge < -0.3 is 15.3 Å². The van der Waals surface area contributed by atoms with Crippen molar-refractivity contribution >= 4 is 11.8 Å². The number of nitrogens with zero attached hydrogens (tertiary/aromatic N) is 1. The van der Waals surface area contributed by atoms with Gasteiger partial charge in [0.05, 0.1) is 12.0 Å².